The van der Waals surface area contributed by atoms with E-state index < -0.39 is 0 Å². The predicted molar refractivity (Wildman–Crippen MR) is 55.2 cm³/mol. The van der Waals surface area contributed by atoms with Crippen LogP contribution in [0.5, 0.6) is 0 Å². The van der Waals surface area contributed by atoms with Crippen LogP contribution in [-0.4, -0.2) is 16.9 Å². The monoisotopic (exact) mass is 191 g/mol. The summed E-state index contributed by atoms with van der Waals surface area (Å²) >= 11 is 0. The van der Waals surface area contributed by atoms with Gasteiger partial charge >= 0.3 is 0 Å². The molecule has 1 atom stereocenters. The highest BCUT2D eigenvalue weighted by Crippen LogP contribution is 2.24. The first-order valence-corrected chi connectivity index (χ1v) is 4.80. The van der Waals surface area contributed by atoms with Crippen LogP contribution in [0.3, 0.4) is 0 Å². The van der Waals surface area contributed by atoms with Gasteiger partial charge in [0.2, 0.25) is 5.91 Å². The van der Waals surface area contributed by atoms with E-state index in [1.54, 1.807) is 12.4 Å². The fourth-order valence-electron chi connectivity index (χ4n) is 1.56. The zero-order valence-electron chi connectivity index (χ0n) is 8.08. The Morgan fingerprint density at radius 1 is 1.57 bits per heavy atom. The summed E-state index contributed by atoms with van der Waals surface area (Å²) in [6.07, 6.45) is 4.84. The van der Waals surface area contributed by atoms with Crippen molar-refractivity contribution >= 4 is 17.3 Å². The fraction of sp³-hybridized carbons (Fsp3) is 0.400. The van der Waals surface area contributed by atoms with Gasteiger partial charge in [-0.15, -0.1) is 0 Å². The zero-order chi connectivity index (χ0) is 9.97. The molecule has 0 aromatic carbocycles. The highest BCUT2D eigenvalue weighted by atomic mass is 16.1. The number of hydrogen-bond acceptors (Lipinski definition) is 3. The van der Waals surface area contributed by atoms with E-state index in [1.807, 2.05) is 6.07 Å². The summed E-state index contributed by atoms with van der Waals surface area (Å²) < 4.78 is 0. The first kappa shape index (κ1) is 8.99. The van der Waals surface area contributed by atoms with Crippen LogP contribution in [-0.2, 0) is 4.79 Å². The van der Waals surface area contributed by atoms with Gasteiger partial charge in [0.1, 0.15) is 0 Å². The first-order valence-electron chi connectivity index (χ1n) is 4.80. The van der Waals surface area contributed by atoms with Gasteiger partial charge in [0.05, 0.1) is 17.6 Å². The minimum absolute atomic E-state index is 0.0519. The number of aromatic nitrogens is 1. The van der Waals surface area contributed by atoms with Crippen molar-refractivity contribution in [3.8, 4) is 0 Å². The summed E-state index contributed by atoms with van der Waals surface area (Å²) in [6.45, 7) is 2.07. The van der Waals surface area contributed by atoms with Crippen molar-refractivity contribution in [3.05, 3.63) is 18.5 Å². The third-order valence-electron chi connectivity index (χ3n) is 2.38. The third kappa shape index (κ3) is 1.69. The average Bonchev–Trinajstić information content (AvgIpc) is 2.35. The van der Waals surface area contributed by atoms with Crippen molar-refractivity contribution in [3.63, 3.8) is 0 Å². The maximum atomic E-state index is 11.4. The van der Waals surface area contributed by atoms with Crippen molar-refractivity contribution in [2.45, 2.75) is 25.8 Å². The Hall–Kier alpha value is -1.58. The van der Waals surface area contributed by atoms with Gasteiger partial charge in [-0.1, -0.05) is 6.92 Å². The smallest absolute Gasteiger partial charge is 0.226 e. The van der Waals surface area contributed by atoms with Crippen molar-refractivity contribution < 1.29 is 4.79 Å². The molecule has 1 aliphatic heterocycles. The molecular formula is C10H13N3O. The van der Waals surface area contributed by atoms with Gasteiger partial charge in [0.25, 0.3) is 0 Å². The van der Waals surface area contributed by atoms with E-state index in [4.69, 9.17) is 0 Å². The average molecular weight is 191 g/mol. The molecule has 2 rings (SSSR count). The van der Waals surface area contributed by atoms with E-state index in [1.165, 1.54) is 0 Å². The molecule has 0 bridgehead atoms. The Morgan fingerprint density at radius 2 is 2.43 bits per heavy atom. The Kier molecular flexibility index (Phi) is 2.35. The Labute approximate surface area is 82.7 Å². The van der Waals surface area contributed by atoms with Gasteiger partial charge in [-0.25, -0.2) is 0 Å². The summed E-state index contributed by atoms with van der Waals surface area (Å²) in [4.78, 5) is 15.4. The molecule has 1 amide bonds. The topological polar surface area (TPSA) is 54.0 Å². The Morgan fingerprint density at radius 3 is 3.21 bits per heavy atom. The number of pyridine rings is 1. The van der Waals surface area contributed by atoms with Gasteiger partial charge in [0, 0.05) is 18.7 Å². The normalized spacial score (nSPS) is 20.4. The van der Waals surface area contributed by atoms with Crippen molar-refractivity contribution in [1.29, 1.82) is 0 Å². The van der Waals surface area contributed by atoms with Crippen molar-refractivity contribution in [2.24, 2.45) is 0 Å². The van der Waals surface area contributed by atoms with E-state index in [0.717, 1.165) is 17.8 Å². The van der Waals surface area contributed by atoms with E-state index in [2.05, 4.69) is 22.5 Å². The number of fused-ring (bicyclic) bond motifs is 1. The molecule has 2 heterocycles. The quantitative estimate of drug-likeness (QED) is 0.709. The number of nitrogens with zero attached hydrogens (tertiary/aromatic N) is 1. The highest BCUT2D eigenvalue weighted by Gasteiger charge is 2.18. The summed E-state index contributed by atoms with van der Waals surface area (Å²) in [5.74, 6) is 0.0519. The summed E-state index contributed by atoms with van der Waals surface area (Å²) in [5.41, 5.74) is 1.73. The fourth-order valence-corrected chi connectivity index (χ4v) is 1.56. The van der Waals surface area contributed by atoms with Crippen molar-refractivity contribution in [2.75, 3.05) is 10.6 Å². The number of anilines is 2. The molecule has 0 saturated heterocycles. The molecule has 0 radical (unpaired) electrons. The van der Waals surface area contributed by atoms with E-state index in [-0.39, 0.29) is 11.9 Å². The molecule has 1 unspecified atom stereocenters. The minimum atomic E-state index is 0.0519. The lowest BCUT2D eigenvalue weighted by atomic mass is 10.1. The molecule has 1 aliphatic rings. The van der Waals surface area contributed by atoms with Crippen LogP contribution in [0.1, 0.15) is 19.8 Å². The second-order valence-electron chi connectivity index (χ2n) is 3.42. The van der Waals surface area contributed by atoms with Crippen molar-refractivity contribution in [1.82, 2.24) is 4.98 Å². The lowest BCUT2D eigenvalue weighted by Crippen LogP contribution is -2.21. The number of amides is 1. The standard InChI is InChI=1S/C10H13N3O/c1-2-7-5-10(14)13-9-6-11-4-3-8(9)12-7/h3-4,6-7,12H,2,5H2,1H3,(H,13,14). The second-order valence-corrected chi connectivity index (χ2v) is 3.42. The Bertz CT molecular complexity index is 351. The molecule has 0 spiro atoms. The van der Waals surface area contributed by atoms with Crippen LogP contribution < -0.4 is 10.6 Å². The molecule has 0 fully saturated rings. The molecule has 1 aromatic rings. The van der Waals surface area contributed by atoms with Gasteiger partial charge in [-0.2, -0.15) is 0 Å². The molecule has 4 nitrogen and oxygen atoms in total. The summed E-state index contributed by atoms with van der Waals surface area (Å²) in [7, 11) is 0. The SMILES string of the molecule is CCC1CC(=O)Nc2cnccc2N1. The van der Waals surface area contributed by atoms with E-state index >= 15 is 0 Å². The molecule has 1 aromatic heterocycles. The van der Waals surface area contributed by atoms with Crippen LogP contribution in [0.2, 0.25) is 0 Å². The van der Waals surface area contributed by atoms with Gasteiger partial charge in [-0.05, 0) is 12.5 Å². The molecule has 0 aliphatic carbocycles. The zero-order valence-corrected chi connectivity index (χ0v) is 8.08. The second kappa shape index (κ2) is 3.65. The maximum Gasteiger partial charge on any atom is 0.226 e. The number of carbonyl (C=O) groups is 1. The lowest BCUT2D eigenvalue weighted by Gasteiger charge is -2.13. The number of nitrogens with one attached hydrogen (secondary N) is 2. The van der Waals surface area contributed by atoms with Gasteiger partial charge in [-0.3, -0.25) is 9.78 Å². The summed E-state index contributed by atoms with van der Waals surface area (Å²) in [5, 5.41) is 6.14. The molecule has 4 heteroatoms. The number of carbonyl (C=O) groups excluding carboxylic acids is 1. The van der Waals surface area contributed by atoms with Crippen LogP contribution in [0, 0.1) is 0 Å². The number of rotatable bonds is 1. The lowest BCUT2D eigenvalue weighted by molar-refractivity contribution is -0.116. The highest BCUT2D eigenvalue weighted by molar-refractivity contribution is 5.96. The number of hydrogen-bond donors (Lipinski definition) is 2. The van der Waals surface area contributed by atoms with Gasteiger partial charge < -0.3 is 10.6 Å². The maximum absolute atomic E-state index is 11.4. The van der Waals surface area contributed by atoms with Crippen LogP contribution in [0.4, 0.5) is 11.4 Å². The van der Waals surface area contributed by atoms with E-state index in [9.17, 15) is 4.79 Å². The first-order chi connectivity index (χ1) is 6.79. The molecule has 0 saturated carbocycles. The Balaban J connectivity index is 2.32. The molecule has 2 N–H and O–H groups in total. The predicted octanol–water partition coefficient (Wildman–Crippen LogP) is 1.61. The molecular weight excluding hydrogens is 178 g/mol. The van der Waals surface area contributed by atoms with E-state index in [0.29, 0.717) is 6.42 Å². The van der Waals surface area contributed by atoms with Crippen LogP contribution in [0.25, 0.3) is 0 Å². The molecule has 14 heavy (non-hydrogen) atoms. The van der Waals surface area contributed by atoms with Crippen LogP contribution >= 0.6 is 0 Å². The van der Waals surface area contributed by atoms with Crippen LogP contribution in [0.15, 0.2) is 18.5 Å². The third-order valence-corrected chi connectivity index (χ3v) is 2.38. The summed E-state index contributed by atoms with van der Waals surface area (Å²) in [6, 6.07) is 2.10. The van der Waals surface area contributed by atoms with Gasteiger partial charge in [0.15, 0.2) is 0 Å². The minimum Gasteiger partial charge on any atom is -0.380 e. The largest absolute Gasteiger partial charge is 0.380 e. The molecule has 74 valence electrons.